The van der Waals surface area contributed by atoms with Crippen LogP contribution in [-0.2, 0) is 0 Å². The van der Waals surface area contributed by atoms with Gasteiger partial charge in [-0.05, 0) is 24.5 Å². The molecule has 0 aliphatic heterocycles. The van der Waals surface area contributed by atoms with E-state index in [0.717, 1.165) is 0 Å². The van der Waals surface area contributed by atoms with Crippen LogP contribution >= 0.6 is 0 Å². The van der Waals surface area contributed by atoms with Gasteiger partial charge in [0.2, 0.25) is 0 Å². The average Bonchev–Trinajstić information content (AvgIpc) is 2.42. The van der Waals surface area contributed by atoms with Crippen molar-refractivity contribution in [3.63, 3.8) is 0 Å². The quantitative estimate of drug-likeness (QED) is 0.788. The lowest BCUT2D eigenvalue weighted by Gasteiger charge is -2.08. The summed E-state index contributed by atoms with van der Waals surface area (Å²) < 4.78 is 13.5. The number of hydrogen-bond acceptors (Lipinski definition) is 4. The first-order valence-corrected chi connectivity index (χ1v) is 5.38. The lowest BCUT2D eigenvalue weighted by molar-refractivity contribution is 0.616. The first-order chi connectivity index (χ1) is 9.08. The number of benzene rings is 1. The zero-order valence-electron chi connectivity index (χ0n) is 10.1. The van der Waals surface area contributed by atoms with Gasteiger partial charge in [-0.3, -0.25) is 0 Å². The van der Waals surface area contributed by atoms with Gasteiger partial charge in [-0.2, -0.15) is 9.65 Å². The van der Waals surface area contributed by atoms with Crippen LogP contribution in [0.25, 0.3) is 11.4 Å². The number of rotatable bonds is 1. The minimum atomic E-state index is -0.805. The molecule has 0 aliphatic carbocycles. The molecule has 0 spiro atoms. The summed E-state index contributed by atoms with van der Waals surface area (Å²) in [4.78, 5) is 7.82. The monoisotopic (exact) mass is 252 g/mol. The fourth-order valence-electron chi connectivity index (χ4n) is 1.68. The van der Waals surface area contributed by atoms with E-state index in [9.17, 15) is 4.39 Å². The molecular weight excluding hydrogens is 243 g/mol. The summed E-state index contributed by atoms with van der Waals surface area (Å²) in [7, 11) is 0. The average molecular weight is 252 g/mol. The molecule has 0 fully saturated rings. The molecule has 1 aromatic heterocycles. The Hall–Kier alpha value is -2.92. The second kappa shape index (κ2) is 4.75. The highest BCUT2D eigenvalue weighted by molar-refractivity contribution is 5.65. The van der Waals surface area contributed by atoms with Crippen LogP contribution in [-0.4, -0.2) is 9.97 Å². The Kier molecular flexibility index (Phi) is 3.14. The molecule has 92 valence electrons. The number of nitriles is 1. The Bertz CT molecular complexity index is 738. The summed E-state index contributed by atoms with van der Waals surface area (Å²) in [6.45, 7) is 1.76. The Labute approximate surface area is 109 Å². The molecule has 19 heavy (non-hydrogen) atoms. The molecular formula is C14H9FN4. The van der Waals surface area contributed by atoms with Crippen LogP contribution in [0.5, 0.6) is 0 Å². The van der Waals surface area contributed by atoms with Gasteiger partial charge in [-0.15, -0.1) is 6.42 Å². The minimum absolute atomic E-state index is 0.190. The number of nitrogens with two attached hydrogens (primary N) is 1. The summed E-state index contributed by atoms with van der Waals surface area (Å²) in [6, 6.07) is 7.15. The molecule has 1 aromatic carbocycles. The number of hydrogen-bond donors (Lipinski definition) is 1. The molecule has 4 nitrogen and oxygen atoms in total. The van der Waals surface area contributed by atoms with Gasteiger partial charge in [-0.25, -0.2) is 9.97 Å². The van der Waals surface area contributed by atoms with E-state index in [0.29, 0.717) is 16.7 Å². The number of aromatic nitrogens is 2. The molecule has 0 unspecified atom stereocenters. The zero-order chi connectivity index (χ0) is 14.0. The lowest BCUT2D eigenvalue weighted by Crippen LogP contribution is -2.04. The van der Waals surface area contributed by atoms with E-state index in [1.165, 1.54) is 0 Å². The summed E-state index contributed by atoms with van der Waals surface area (Å²) in [6.07, 6.45) is 5.17. The molecule has 0 aliphatic rings. The number of nitrogen functional groups attached to an aromatic ring is 1. The van der Waals surface area contributed by atoms with Crippen molar-refractivity contribution in [1.82, 2.24) is 9.97 Å². The SMILES string of the molecule is C#Cc1nc(-c2cccc(C#N)c2C)nc(N)c1F. The van der Waals surface area contributed by atoms with Gasteiger partial charge in [0.1, 0.15) is 0 Å². The zero-order valence-corrected chi connectivity index (χ0v) is 10.1. The first-order valence-electron chi connectivity index (χ1n) is 5.38. The Morgan fingerprint density at radius 1 is 1.37 bits per heavy atom. The fourth-order valence-corrected chi connectivity index (χ4v) is 1.68. The van der Waals surface area contributed by atoms with E-state index >= 15 is 0 Å². The van der Waals surface area contributed by atoms with Crippen LogP contribution < -0.4 is 5.73 Å². The highest BCUT2D eigenvalue weighted by Crippen LogP contribution is 2.24. The molecule has 0 saturated carbocycles. The normalized spacial score (nSPS) is 9.68. The first kappa shape index (κ1) is 12.5. The van der Waals surface area contributed by atoms with Gasteiger partial charge in [0.25, 0.3) is 0 Å². The highest BCUT2D eigenvalue weighted by atomic mass is 19.1. The number of terminal acetylenes is 1. The number of anilines is 1. The van der Waals surface area contributed by atoms with Crippen LogP contribution in [0, 0.1) is 36.4 Å². The maximum atomic E-state index is 13.5. The fraction of sp³-hybridized carbons (Fsp3) is 0.0714. The van der Waals surface area contributed by atoms with E-state index in [1.54, 1.807) is 25.1 Å². The molecule has 0 atom stereocenters. The van der Waals surface area contributed by atoms with Crippen molar-refractivity contribution in [2.75, 3.05) is 5.73 Å². The summed E-state index contributed by atoms with van der Waals surface area (Å²) in [5, 5.41) is 8.98. The van der Waals surface area contributed by atoms with Crippen LogP contribution in [0.4, 0.5) is 10.2 Å². The third-order valence-corrected chi connectivity index (χ3v) is 2.71. The van der Waals surface area contributed by atoms with Crippen molar-refractivity contribution in [3.8, 4) is 29.8 Å². The van der Waals surface area contributed by atoms with Crippen molar-refractivity contribution < 1.29 is 4.39 Å². The third kappa shape index (κ3) is 2.10. The van der Waals surface area contributed by atoms with Crippen LogP contribution in [0.3, 0.4) is 0 Å². The molecule has 0 bridgehead atoms. The molecule has 2 aromatic rings. The Morgan fingerprint density at radius 3 is 2.74 bits per heavy atom. The van der Waals surface area contributed by atoms with E-state index < -0.39 is 5.82 Å². The molecule has 2 N–H and O–H groups in total. The number of nitrogens with zero attached hydrogens (tertiary/aromatic N) is 3. The van der Waals surface area contributed by atoms with Gasteiger partial charge in [0, 0.05) is 5.56 Å². The summed E-state index contributed by atoms with van der Waals surface area (Å²) >= 11 is 0. The van der Waals surface area contributed by atoms with Crippen LogP contribution in [0.15, 0.2) is 18.2 Å². The predicted octanol–water partition coefficient (Wildman–Crippen LogP) is 2.03. The summed E-state index contributed by atoms with van der Waals surface area (Å²) in [5.41, 5.74) is 7.06. The van der Waals surface area contributed by atoms with Crippen molar-refractivity contribution in [1.29, 1.82) is 5.26 Å². The maximum Gasteiger partial charge on any atom is 0.199 e. The third-order valence-electron chi connectivity index (χ3n) is 2.71. The molecule has 5 heteroatoms. The van der Waals surface area contributed by atoms with Crippen molar-refractivity contribution >= 4 is 5.82 Å². The topological polar surface area (TPSA) is 75.6 Å². The summed E-state index contributed by atoms with van der Waals surface area (Å²) in [5.74, 6) is 1.22. The van der Waals surface area contributed by atoms with Crippen LogP contribution in [0.1, 0.15) is 16.8 Å². The molecule has 2 rings (SSSR count). The highest BCUT2D eigenvalue weighted by Gasteiger charge is 2.14. The second-order valence-corrected chi connectivity index (χ2v) is 3.83. The van der Waals surface area contributed by atoms with E-state index in [2.05, 4.69) is 22.0 Å². The van der Waals surface area contributed by atoms with E-state index in [4.69, 9.17) is 17.4 Å². The smallest absolute Gasteiger partial charge is 0.199 e. The van der Waals surface area contributed by atoms with Gasteiger partial charge >= 0.3 is 0 Å². The predicted molar refractivity (Wildman–Crippen MR) is 69.2 cm³/mol. The minimum Gasteiger partial charge on any atom is -0.381 e. The van der Waals surface area contributed by atoms with Crippen molar-refractivity contribution in [2.45, 2.75) is 6.92 Å². The van der Waals surface area contributed by atoms with Gasteiger partial charge in [-0.1, -0.05) is 12.1 Å². The maximum absolute atomic E-state index is 13.5. The lowest BCUT2D eigenvalue weighted by atomic mass is 10.0. The second-order valence-electron chi connectivity index (χ2n) is 3.83. The molecule has 0 amide bonds. The molecule has 0 radical (unpaired) electrons. The standard InChI is InChI=1S/C14H9FN4/c1-3-11-12(15)13(17)19-14(18-11)10-6-4-5-9(7-16)8(10)2/h1,4-6H,2H3,(H2,17,18,19). The Balaban J connectivity index is 2.71. The number of halogens is 1. The van der Waals surface area contributed by atoms with Gasteiger partial charge < -0.3 is 5.73 Å². The molecule has 0 saturated heterocycles. The van der Waals surface area contributed by atoms with Crippen LogP contribution in [0.2, 0.25) is 0 Å². The largest absolute Gasteiger partial charge is 0.381 e. The van der Waals surface area contributed by atoms with E-state index in [1.807, 2.05) is 0 Å². The van der Waals surface area contributed by atoms with Crippen molar-refractivity contribution in [2.24, 2.45) is 0 Å². The van der Waals surface area contributed by atoms with Crippen molar-refractivity contribution in [3.05, 3.63) is 40.8 Å². The van der Waals surface area contributed by atoms with Gasteiger partial charge in [0.15, 0.2) is 23.2 Å². The van der Waals surface area contributed by atoms with E-state index in [-0.39, 0.29) is 17.3 Å². The van der Waals surface area contributed by atoms with Gasteiger partial charge in [0.05, 0.1) is 11.6 Å². The Morgan fingerprint density at radius 2 is 2.11 bits per heavy atom. The molecule has 1 heterocycles.